The summed E-state index contributed by atoms with van der Waals surface area (Å²) < 4.78 is 4.89. The number of rotatable bonds is 6. The molecule has 1 nitrogen and oxygen atoms in total. The van der Waals surface area contributed by atoms with Crippen LogP contribution in [0.15, 0.2) is 24.3 Å². The molecular weight excluding hydrogens is 256 g/mol. The van der Waals surface area contributed by atoms with Crippen LogP contribution in [-0.4, -0.2) is 13.7 Å². The van der Waals surface area contributed by atoms with Gasteiger partial charge < -0.3 is 4.74 Å². The topological polar surface area (TPSA) is 9.23 Å². The molecule has 0 radical (unpaired) electrons. The lowest BCUT2D eigenvalue weighted by Crippen LogP contribution is -2.08. The highest BCUT2D eigenvalue weighted by Gasteiger charge is 2.18. The average molecular weight is 293 g/mol. The molecule has 1 heteroatoms. The number of hydrogen-bond donors (Lipinski definition) is 0. The summed E-state index contributed by atoms with van der Waals surface area (Å²) in [4.78, 5) is 0. The lowest BCUT2D eigenvalue weighted by Gasteiger charge is -2.25. The SMILES string of the molecule is CC.CCCCCCOC.Cc1ccc(C2CCC2)cc1. The highest BCUT2D eigenvalue weighted by Crippen LogP contribution is 2.36. The smallest absolute Gasteiger partial charge is 0.0462 e. The van der Waals surface area contributed by atoms with Gasteiger partial charge in [-0.3, -0.25) is 0 Å². The fourth-order valence-electron chi connectivity index (χ4n) is 2.25. The minimum absolute atomic E-state index is 0.885. The molecule has 1 aliphatic carbocycles. The zero-order valence-electron chi connectivity index (χ0n) is 15.0. The second-order valence-electron chi connectivity index (χ2n) is 5.59. The molecule has 21 heavy (non-hydrogen) atoms. The highest BCUT2D eigenvalue weighted by molar-refractivity contribution is 5.25. The first kappa shape index (κ1) is 20.2. The molecule has 1 aromatic rings. The molecule has 1 saturated carbocycles. The van der Waals surface area contributed by atoms with Crippen LogP contribution in [-0.2, 0) is 4.74 Å². The predicted octanol–water partition coefficient (Wildman–Crippen LogP) is 6.50. The Morgan fingerprint density at radius 2 is 1.62 bits per heavy atom. The Labute approximate surface area is 133 Å². The normalized spacial score (nSPS) is 13.4. The van der Waals surface area contributed by atoms with E-state index in [0.717, 1.165) is 12.5 Å². The Balaban J connectivity index is 0.000000358. The van der Waals surface area contributed by atoms with Crippen molar-refractivity contribution < 1.29 is 4.74 Å². The number of unbranched alkanes of at least 4 members (excludes halogenated alkanes) is 3. The van der Waals surface area contributed by atoms with Crippen LogP contribution in [0.3, 0.4) is 0 Å². The van der Waals surface area contributed by atoms with Crippen molar-refractivity contribution in [2.45, 2.75) is 78.6 Å². The summed E-state index contributed by atoms with van der Waals surface area (Å²) in [7, 11) is 1.76. The molecule has 2 rings (SSSR count). The standard InChI is InChI=1S/C11H14.C7H16O.C2H6/c1-9-5-7-11(8-6-9)10-3-2-4-10;1-3-4-5-6-7-8-2;1-2/h5-8,10H,2-4H2,1H3;3-7H2,1-2H3;1-2H3. The van der Waals surface area contributed by atoms with Crippen molar-refractivity contribution in [2.75, 3.05) is 13.7 Å². The van der Waals surface area contributed by atoms with Gasteiger partial charge in [-0.1, -0.05) is 76.3 Å². The van der Waals surface area contributed by atoms with E-state index in [4.69, 9.17) is 4.74 Å². The van der Waals surface area contributed by atoms with Gasteiger partial charge in [0.1, 0.15) is 0 Å². The molecule has 0 aliphatic heterocycles. The van der Waals surface area contributed by atoms with Crippen LogP contribution in [0.4, 0.5) is 0 Å². The van der Waals surface area contributed by atoms with Crippen LogP contribution in [0.2, 0.25) is 0 Å². The molecular formula is C20H36O. The average Bonchev–Trinajstić information content (AvgIpc) is 2.47. The van der Waals surface area contributed by atoms with Crippen LogP contribution < -0.4 is 0 Å². The Hall–Kier alpha value is -0.820. The summed E-state index contributed by atoms with van der Waals surface area (Å²) in [6.07, 6.45) is 9.45. The van der Waals surface area contributed by atoms with Crippen molar-refractivity contribution in [3.05, 3.63) is 35.4 Å². The minimum Gasteiger partial charge on any atom is -0.385 e. The Bertz CT molecular complexity index is 305. The van der Waals surface area contributed by atoms with Gasteiger partial charge in [0.2, 0.25) is 0 Å². The molecule has 1 aliphatic rings. The Morgan fingerprint density at radius 1 is 1.00 bits per heavy atom. The third kappa shape index (κ3) is 9.68. The van der Waals surface area contributed by atoms with E-state index >= 15 is 0 Å². The summed E-state index contributed by atoms with van der Waals surface area (Å²) in [5, 5.41) is 0. The van der Waals surface area contributed by atoms with E-state index in [-0.39, 0.29) is 0 Å². The quantitative estimate of drug-likeness (QED) is 0.544. The first-order valence-electron chi connectivity index (χ1n) is 8.83. The van der Waals surface area contributed by atoms with Crippen molar-refractivity contribution in [2.24, 2.45) is 0 Å². The number of ether oxygens (including phenoxy) is 1. The number of hydrogen-bond acceptors (Lipinski definition) is 1. The zero-order valence-corrected chi connectivity index (χ0v) is 15.0. The van der Waals surface area contributed by atoms with E-state index < -0.39 is 0 Å². The maximum absolute atomic E-state index is 4.89. The van der Waals surface area contributed by atoms with E-state index in [1.54, 1.807) is 12.7 Å². The van der Waals surface area contributed by atoms with Gasteiger partial charge in [0, 0.05) is 13.7 Å². The second kappa shape index (κ2) is 14.1. The first-order valence-corrected chi connectivity index (χ1v) is 8.83. The van der Waals surface area contributed by atoms with Crippen molar-refractivity contribution in [3.8, 4) is 0 Å². The summed E-state index contributed by atoms with van der Waals surface area (Å²) in [5.41, 5.74) is 2.91. The molecule has 0 aromatic heterocycles. The zero-order chi connectivity index (χ0) is 15.9. The molecule has 0 atom stereocenters. The van der Waals surface area contributed by atoms with Crippen LogP contribution in [0.1, 0.15) is 82.8 Å². The van der Waals surface area contributed by atoms with Gasteiger partial charge in [-0.05, 0) is 37.7 Å². The van der Waals surface area contributed by atoms with E-state index in [0.29, 0.717) is 0 Å². The van der Waals surface area contributed by atoms with Gasteiger partial charge >= 0.3 is 0 Å². The largest absolute Gasteiger partial charge is 0.385 e. The lowest BCUT2D eigenvalue weighted by atomic mass is 9.80. The maximum Gasteiger partial charge on any atom is 0.0462 e. The second-order valence-corrected chi connectivity index (χ2v) is 5.59. The first-order chi connectivity index (χ1) is 10.3. The third-order valence-electron chi connectivity index (χ3n) is 3.86. The molecule has 0 spiro atoms. The van der Waals surface area contributed by atoms with Gasteiger partial charge in [0.05, 0.1) is 0 Å². The molecule has 0 saturated heterocycles. The Morgan fingerprint density at radius 3 is 2.05 bits per heavy atom. The molecule has 0 heterocycles. The van der Waals surface area contributed by atoms with Crippen molar-refractivity contribution in [1.82, 2.24) is 0 Å². The summed E-state index contributed by atoms with van der Waals surface area (Å²) in [6.45, 7) is 9.29. The van der Waals surface area contributed by atoms with Crippen LogP contribution in [0, 0.1) is 6.92 Å². The summed E-state index contributed by atoms with van der Waals surface area (Å²) in [5.74, 6) is 0.885. The number of aryl methyl sites for hydroxylation is 1. The Kier molecular flexibility index (Phi) is 13.6. The maximum atomic E-state index is 4.89. The van der Waals surface area contributed by atoms with Crippen molar-refractivity contribution >= 4 is 0 Å². The summed E-state index contributed by atoms with van der Waals surface area (Å²) in [6, 6.07) is 8.99. The van der Waals surface area contributed by atoms with Gasteiger partial charge in [-0.25, -0.2) is 0 Å². The molecule has 1 aromatic carbocycles. The molecule has 0 bridgehead atoms. The molecule has 0 amide bonds. The van der Waals surface area contributed by atoms with E-state index in [2.05, 4.69) is 38.1 Å². The van der Waals surface area contributed by atoms with Crippen LogP contribution >= 0.6 is 0 Å². The van der Waals surface area contributed by atoms with Gasteiger partial charge in [-0.15, -0.1) is 0 Å². The fourth-order valence-corrected chi connectivity index (χ4v) is 2.25. The molecule has 122 valence electrons. The third-order valence-corrected chi connectivity index (χ3v) is 3.86. The van der Waals surface area contributed by atoms with Crippen molar-refractivity contribution in [3.63, 3.8) is 0 Å². The number of benzene rings is 1. The van der Waals surface area contributed by atoms with Crippen molar-refractivity contribution in [1.29, 1.82) is 0 Å². The highest BCUT2D eigenvalue weighted by atomic mass is 16.5. The minimum atomic E-state index is 0.885. The van der Waals surface area contributed by atoms with Crippen LogP contribution in [0.5, 0.6) is 0 Å². The van der Waals surface area contributed by atoms with E-state index in [9.17, 15) is 0 Å². The summed E-state index contributed by atoms with van der Waals surface area (Å²) >= 11 is 0. The fraction of sp³-hybridized carbons (Fsp3) is 0.700. The van der Waals surface area contributed by atoms with Gasteiger partial charge in [-0.2, -0.15) is 0 Å². The van der Waals surface area contributed by atoms with E-state index in [1.807, 2.05) is 13.8 Å². The predicted molar refractivity (Wildman–Crippen MR) is 95.1 cm³/mol. The van der Waals surface area contributed by atoms with Gasteiger partial charge in [0.15, 0.2) is 0 Å². The van der Waals surface area contributed by atoms with Gasteiger partial charge in [0.25, 0.3) is 0 Å². The molecule has 0 unspecified atom stereocenters. The monoisotopic (exact) mass is 292 g/mol. The lowest BCUT2D eigenvalue weighted by molar-refractivity contribution is 0.192. The van der Waals surface area contributed by atoms with E-state index in [1.165, 1.54) is 50.5 Å². The molecule has 0 N–H and O–H groups in total. The van der Waals surface area contributed by atoms with Crippen LogP contribution in [0.25, 0.3) is 0 Å². The number of methoxy groups -OCH3 is 1. The molecule has 1 fully saturated rings.